The maximum Gasteiger partial charge on any atom is 0.338 e. The lowest BCUT2D eigenvalue weighted by Gasteiger charge is -2.26. The summed E-state index contributed by atoms with van der Waals surface area (Å²) in [6, 6.07) is 7.14. The van der Waals surface area contributed by atoms with E-state index in [9.17, 15) is 9.59 Å². The molecule has 0 amide bonds. The van der Waals surface area contributed by atoms with Crippen LogP contribution in [0.3, 0.4) is 0 Å². The van der Waals surface area contributed by atoms with Crippen LogP contribution in [0, 0.1) is 5.92 Å². The molecule has 1 N–H and O–H groups in total. The summed E-state index contributed by atoms with van der Waals surface area (Å²) in [6.45, 7) is 8.90. The molecule has 0 spiro atoms. The molecule has 0 aliphatic carbocycles. The van der Waals surface area contributed by atoms with Gasteiger partial charge in [0, 0.05) is 18.8 Å². The van der Waals surface area contributed by atoms with Gasteiger partial charge in [-0.25, -0.2) is 4.79 Å². The summed E-state index contributed by atoms with van der Waals surface area (Å²) in [7, 11) is 0. The van der Waals surface area contributed by atoms with Crippen molar-refractivity contribution in [1.29, 1.82) is 0 Å². The molecule has 0 heterocycles. The minimum absolute atomic E-state index is 0.0629. The maximum absolute atomic E-state index is 12.0. The van der Waals surface area contributed by atoms with E-state index < -0.39 is 5.97 Å². The lowest BCUT2D eigenvalue weighted by Crippen LogP contribution is -2.30. The minimum atomic E-state index is -0.830. The van der Waals surface area contributed by atoms with Crippen LogP contribution in [0.4, 0.5) is 5.69 Å². The molecule has 5 nitrogen and oxygen atoms in total. The van der Waals surface area contributed by atoms with Gasteiger partial charge >= 0.3 is 11.9 Å². The van der Waals surface area contributed by atoms with Gasteiger partial charge in [0.15, 0.2) is 0 Å². The number of hydrogen-bond acceptors (Lipinski definition) is 4. The summed E-state index contributed by atoms with van der Waals surface area (Å²) in [5, 5.41) is 8.88. The normalized spacial score (nSPS) is 10.8. The number of rotatable bonds is 8. The highest BCUT2D eigenvalue weighted by molar-refractivity contribution is 5.90. The average Bonchev–Trinajstić information content (AvgIpc) is 2.42. The molecule has 1 aromatic rings. The highest BCUT2D eigenvalue weighted by Gasteiger charge is 2.14. The molecule has 1 rings (SSSR count). The van der Waals surface area contributed by atoms with Crippen molar-refractivity contribution >= 4 is 17.6 Å². The first-order valence-corrected chi connectivity index (χ1v) is 7.57. The molecule has 0 aliphatic rings. The SMILES string of the molecule is CC(C)CN(CCC(=O)O)c1cccc(C(=O)OC(C)C)c1. The van der Waals surface area contributed by atoms with Crippen molar-refractivity contribution in [2.75, 3.05) is 18.0 Å². The van der Waals surface area contributed by atoms with Gasteiger partial charge in [0.25, 0.3) is 0 Å². The molecule has 0 saturated heterocycles. The number of ether oxygens (including phenoxy) is 1. The number of carboxylic acids is 1. The van der Waals surface area contributed by atoms with Gasteiger partial charge < -0.3 is 14.7 Å². The third kappa shape index (κ3) is 6.16. The van der Waals surface area contributed by atoms with Crippen LogP contribution in [0.5, 0.6) is 0 Å². The largest absolute Gasteiger partial charge is 0.481 e. The number of esters is 1. The van der Waals surface area contributed by atoms with E-state index in [-0.39, 0.29) is 18.5 Å². The van der Waals surface area contributed by atoms with Crippen LogP contribution in [0.2, 0.25) is 0 Å². The van der Waals surface area contributed by atoms with Gasteiger partial charge in [-0.2, -0.15) is 0 Å². The van der Waals surface area contributed by atoms with Crippen molar-refractivity contribution in [1.82, 2.24) is 0 Å². The van der Waals surface area contributed by atoms with Crippen LogP contribution in [0.25, 0.3) is 0 Å². The van der Waals surface area contributed by atoms with E-state index in [4.69, 9.17) is 9.84 Å². The fourth-order valence-electron chi connectivity index (χ4n) is 2.11. The highest BCUT2D eigenvalue weighted by Crippen LogP contribution is 2.19. The van der Waals surface area contributed by atoms with Gasteiger partial charge in [0.1, 0.15) is 0 Å². The first-order chi connectivity index (χ1) is 10.3. The molecule has 0 unspecified atom stereocenters. The predicted octanol–water partition coefficient (Wildman–Crippen LogP) is 3.19. The molecule has 5 heteroatoms. The van der Waals surface area contributed by atoms with Crippen LogP contribution in [0.15, 0.2) is 24.3 Å². The number of anilines is 1. The van der Waals surface area contributed by atoms with Crippen molar-refractivity contribution in [2.24, 2.45) is 5.92 Å². The molecular weight excluding hydrogens is 282 g/mol. The number of benzene rings is 1. The van der Waals surface area contributed by atoms with Crippen molar-refractivity contribution < 1.29 is 19.4 Å². The molecule has 0 fully saturated rings. The molecule has 122 valence electrons. The number of carboxylic acid groups (broad SMARTS) is 1. The molecule has 22 heavy (non-hydrogen) atoms. The molecular formula is C17H25NO4. The third-order valence-corrected chi connectivity index (χ3v) is 2.97. The fourth-order valence-corrected chi connectivity index (χ4v) is 2.11. The van der Waals surface area contributed by atoms with Gasteiger partial charge in [-0.05, 0) is 38.0 Å². The molecule has 0 bridgehead atoms. The van der Waals surface area contributed by atoms with E-state index >= 15 is 0 Å². The zero-order valence-corrected chi connectivity index (χ0v) is 13.7. The summed E-state index contributed by atoms with van der Waals surface area (Å²) < 4.78 is 5.20. The summed E-state index contributed by atoms with van der Waals surface area (Å²) >= 11 is 0. The maximum atomic E-state index is 12.0. The monoisotopic (exact) mass is 307 g/mol. The Balaban J connectivity index is 2.93. The fraction of sp³-hybridized carbons (Fsp3) is 0.529. The van der Waals surface area contributed by atoms with Gasteiger partial charge in [-0.3, -0.25) is 4.79 Å². The lowest BCUT2D eigenvalue weighted by atomic mass is 10.1. The Kier molecular flexibility index (Phi) is 6.89. The number of nitrogens with zero attached hydrogens (tertiary/aromatic N) is 1. The first-order valence-electron chi connectivity index (χ1n) is 7.57. The Labute approximate surface area is 131 Å². The second-order valence-corrected chi connectivity index (χ2v) is 5.99. The van der Waals surface area contributed by atoms with Crippen molar-refractivity contribution in [3.05, 3.63) is 29.8 Å². The molecule has 0 radical (unpaired) electrons. The smallest absolute Gasteiger partial charge is 0.338 e. The van der Waals surface area contributed by atoms with Crippen molar-refractivity contribution in [3.63, 3.8) is 0 Å². The molecule has 1 aromatic carbocycles. The van der Waals surface area contributed by atoms with Gasteiger partial charge in [0.05, 0.1) is 18.1 Å². The van der Waals surface area contributed by atoms with Gasteiger partial charge in [-0.1, -0.05) is 19.9 Å². The third-order valence-electron chi connectivity index (χ3n) is 2.97. The standard InChI is InChI=1S/C17H25NO4/c1-12(2)11-18(9-8-16(19)20)15-7-5-6-14(10-15)17(21)22-13(3)4/h5-7,10,12-13H,8-9,11H2,1-4H3,(H,19,20). The van der Waals surface area contributed by atoms with E-state index in [1.807, 2.05) is 11.0 Å². The predicted molar refractivity (Wildman–Crippen MR) is 86.3 cm³/mol. The van der Waals surface area contributed by atoms with E-state index in [2.05, 4.69) is 13.8 Å². The Hall–Kier alpha value is -2.04. The average molecular weight is 307 g/mol. The summed E-state index contributed by atoms with van der Waals surface area (Å²) in [5.41, 5.74) is 1.32. The van der Waals surface area contributed by atoms with Crippen molar-refractivity contribution in [3.8, 4) is 0 Å². The zero-order chi connectivity index (χ0) is 16.7. The number of carbonyl (C=O) groups is 2. The Morgan fingerprint density at radius 1 is 1.23 bits per heavy atom. The Morgan fingerprint density at radius 3 is 2.45 bits per heavy atom. The molecule has 0 saturated carbocycles. The zero-order valence-electron chi connectivity index (χ0n) is 13.7. The van der Waals surface area contributed by atoms with Crippen LogP contribution in [0.1, 0.15) is 44.5 Å². The van der Waals surface area contributed by atoms with Crippen LogP contribution in [-0.2, 0) is 9.53 Å². The molecule has 0 aliphatic heterocycles. The topological polar surface area (TPSA) is 66.8 Å². The number of aliphatic carboxylic acids is 1. The van der Waals surface area contributed by atoms with E-state index in [0.717, 1.165) is 12.2 Å². The lowest BCUT2D eigenvalue weighted by molar-refractivity contribution is -0.136. The van der Waals surface area contributed by atoms with E-state index in [1.54, 1.807) is 32.0 Å². The van der Waals surface area contributed by atoms with Crippen molar-refractivity contribution in [2.45, 2.75) is 40.2 Å². The van der Waals surface area contributed by atoms with Gasteiger partial charge in [0.2, 0.25) is 0 Å². The number of hydrogen-bond donors (Lipinski definition) is 1. The summed E-state index contributed by atoms with van der Waals surface area (Å²) in [5.74, 6) is -0.802. The minimum Gasteiger partial charge on any atom is -0.481 e. The van der Waals surface area contributed by atoms with E-state index in [0.29, 0.717) is 18.0 Å². The van der Waals surface area contributed by atoms with Crippen LogP contribution >= 0.6 is 0 Å². The molecule has 0 aromatic heterocycles. The second kappa shape index (κ2) is 8.41. The first kappa shape index (κ1) is 18.0. The van der Waals surface area contributed by atoms with E-state index in [1.165, 1.54) is 0 Å². The summed E-state index contributed by atoms with van der Waals surface area (Å²) in [6.07, 6.45) is -0.108. The van der Waals surface area contributed by atoms with Crippen LogP contribution < -0.4 is 4.90 Å². The second-order valence-electron chi connectivity index (χ2n) is 5.99. The molecule has 0 atom stereocenters. The van der Waals surface area contributed by atoms with Crippen LogP contribution in [-0.4, -0.2) is 36.2 Å². The summed E-state index contributed by atoms with van der Waals surface area (Å²) in [4.78, 5) is 24.8. The Bertz CT molecular complexity index is 511. The number of carbonyl (C=O) groups excluding carboxylic acids is 1. The Morgan fingerprint density at radius 2 is 1.91 bits per heavy atom. The highest BCUT2D eigenvalue weighted by atomic mass is 16.5. The van der Waals surface area contributed by atoms with Gasteiger partial charge in [-0.15, -0.1) is 0 Å². The quantitative estimate of drug-likeness (QED) is 0.747.